The molecule has 5 nitrogen and oxygen atoms in total. The minimum absolute atomic E-state index is 0.134. The molecule has 0 atom stereocenters. The van der Waals surface area contributed by atoms with Crippen LogP contribution in [0.3, 0.4) is 0 Å². The van der Waals surface area contributed by atoms with Crippen molar-refractivity contribution in [2.45, 2.75) is 6.54 Å². The molecule has 0 unspecified atom stereocenters. The summed E-state index contributed by atoms with van der Waals surface area (Å²) in [4.78, 5) is 10.4. The lowest BCUT2D eigenvalue weighted by molar-refractivity contribution is -0.139. The third-order valence-corrected chi connectivity index (χ3v) is 1.72. The van der Waals surface area contributed by atoms with Gasteiger partial charge in [-0.2, -0.15) is 5.53 Å². The maximum atomic E-state index is 10.4. The van der Waals surface area contributed by atoms with Crippen LogP contribution in [-0.2, 0) is 11.3 Å². The Balaban J connectivity index is 2.53. The average molecular weight is 195 g/mol. The lowest BCUT2D eigenvalue weighted by Gasteiger charge is -2.17. The quantitative estimate of drug-likeness (QED) is 0.453. The number of aliphatic carboxylic acids is 1. The molecule has 5 heteroatoms. The zero-order valence-electron chi connectivity index (χ0n) is 7.68. The first-order valence-electron chi connectivity index (χ1n) is 4.19. The zero-order valence-corrected chi connectivity index (χ0v) is 7.68. The summed E-state index contributed by atoms with van der Waals surface area (Å²) in [5.41, 5.74) is 3.34. The van der Waals surface area contributed by atoms with Crippen molar-refractivity contribution >= 4 is 5.97 Å². The Hall–Kier alpha value is -1.43. The molecule has 0 bridgehead atoms. The highest BCUT2D eigenvalue weighted by Gasteiger charge is 2.07. The predicted molar refractivity (Wildman–Crippen MR) is 51.8 cm³/mol. The maximum Gasteiger partial charge on any atom is 0.319 e. The normalized spacial score (nSPS) is 10.4. The largest absolute Gasteiger partial charge is 0.480 e. The van der Waals surface area contributed by atoms with Crippen molar-refractivity contribution in [2.24, 2.45) is 5.84 Å². The van der Waals surface area contributed by atoms with Crippen molar-refractivity contribution in [1.29, 1.82) is 0 Å². The number of nitrogens with zero attached hydrogens (tertiary/aromatic N) is 1. The van der Waals surface area contributed by atoms with Crippen LogP contribution >= 0.6 is 0 Å². The third kappa shape index (κ3) is 3.53. The molecule has 0 aromatic heterocycles. The Labute approximate surface area is 82.1 Å². The van der Waals surface area contributed by atoms with Gasteiger partial charge in [-0.15, -0.1) is 0 Å². The number of hydrogen-bond donors (Lipinski definition) is 3. The minimum atomic E-state index is -0.918. The van der Waals surface area contributed by atoms with Crippen LogP contribution in [0.4, 0.5) is 0 Å². The van der Waals surface area contributed by atoms with Crippen LogP contribution < -0.4 is 11.4 Å². The summed E-state index contributed by atoms with van der Waals surface area (Å²) in [6.45, 7) is 0.328. The number of carbonyl (C=O) groups is 1. The van der Waals surface area contributed by atoms with Crippen molar-refractivity contribution in [3.63, 3.8) is 0 Å². The van der Waals surface area contributed by atoms with Gasteiger partial charge in [0.25, 0.3) is 0 Å². The summed E-state index contributed by atoms with van der Waals surface area (Å²) < 4.78 is 0. The summed E-state index contributed by atoms with van der Waals surface area (Å²) in [5, 5.41) is 9.97. The van der Waals surface area contributed by atoms with Gasteiger partial charge in [0.15, 0.2) is 0 Å². The molecule has 0 fully saturated rings. The van der Waals surface area contributed by atoms with Crippen LogP contribution in [-0.4, -0.2) is 22.6 Å². The molecule has 0 amide bonds. The Bertz CT molecular complexity index is 289. The number of nitrogens with two attached hydrogens (primary N) is 1. The molecule has 14 heavy (non-hydrogen) atoms. The molecule has 1 rings (SSSR count). The highest BCUT2D eigenvalue weighted by Crippen LogP contribution is 2.01. The number of nitrogens with one attached hydrogen (secondary N) is 1. The van der Waals surface area contributed by atoms with Crippen LogP contribution in [0, 0.1) is 0 Å². The van der Waals surface area contributed by atoms with E-state index in [1.54, 1.807) is 0 Å². The molecule has 0 aliphatic rings. The zero-order chi connectivity index (χ0) is 10.4. The fourth-order valence-electron chi connectivity index (χ4n) is 1.11. The average Bonchev–Trinajstić information content (AvgIpc) is 2.17. The molecule has 0 saturated heterocycles. The van der Waals surface area contributed by atoms with Crippen LogP contribution in [0.25, 0.3) is 0 Å². The number of rotatable bonds is 5. The first-order chi connectivity index (χ1) is 6.72. The Kier molecular flexibility index (Phi) is 4.06. The number of hydrogen-bond acceptors (Lipinski definition) is 4. The number of carboxylic acid groups (broad SMARTS) is 1. The van der Waals surface area contributed by atoms with E-state index in [9.17, 15) is 4.79 Å². The Morgan fingerprint density at radius 2 is 2.07 bits per heavy atom. The van der Waals surface area contributed by atoms with Crippen LogP contribution in [0.2, 0.25) is 0 Å². The van der Waals surface area contributed by atoms with Crippen LogP contribution in [0.1, 0.15) is 5.56 Å². The molecular weight excluding hydrogens is 182 g/mol. The highest BCUT2D eigenvalue weighted by atomic mass is 16.4. The molecule has 0 spiro atoms. The van der Waals surface area contributed by atoms with E-state index in [1.165, 1.54) is 5.01 Å². The predicted octanol–water partition coefficient (Wildman–Crippen LogP) is -0.0485. The van der Waals surface area contributed by atoms with Gasteiger partial charge >= 0.3 is 5.97 Å². The molecule has 1 aromatic rings. The number of benzene rings is 1. The summed E-state index contributed by atoms with van der Waals surface area (Å²) in [6.07, 6.45) is 0. The van der Waals surface area contributed by atoms with Gasteiger partial charge in [-0.05, 0) is 5.56 Å². The molecule has 4 N–H and O–H groups in total. The van der Waals surface area contributed by atoms with Gasteiger partial charge in [0.2, 0.25) is 0 Å². The van der Waals surface area contributed by atoms with Gasteiger partial charge in [-0.25, -0.2) is 5.01 Å². The number of hydrazine groups is 2. The summed E-state index contributed by atoms with van der Waals surface area (Å²) in [7, 11) is 0. The summed E-state index contributed by atoms with van der Waals surface area (Å²) in [6, 6.07) is 9.51. The molecular formula is C9H13N3O2. The standard InChI is InChI=1S/C9H13N3O2/c10-11-12(7-9(13)14)6-8-4-2-1-3-5-8/h1-5,11H,6-7,10H2,(H,13,14). The molecule has 0 saturated carbocycles. The molecule has 1 aromatic carbocycles. The SMILES string of the molecule is NNN(CC(=O)O)Cc1ccccc1. The van der Waals surface area contributed by atoms with Crippen molar-refractivity contribution in [3.05, 3.63) is 35.9 Å². The van der Waals surface area contributed by atoms with Gasteiger partial charge in [-0.3, -0.25) is 10.6 Å². The fraction of sp³-hybridized carbons (Fsp3) is 0.222. The van der Waals surface area contributed by atoms with E-state index < -0.39 is 5.97 Å². The molecule has 0 aliphatic heterocycles. The van der Waals surface area contributed by atoms with Crippen LogP contribution in [0.15, 0.2) is 30.3 Å². The second kappa shape index (κ2) is 5.33. The Morgan fingerprint density at radius 1 is 1.43 bits per heavy atom. The van der Waals surface area contributed by atoms with E-state index in [2.05, 4.69) is 5.53 Å². The van der Waals surface area contributed by atoms with Crippen molar-refractivity contribution in [2.75, 3.05) is 6.54 Å². The van der Waals surface area contributed by atoms with Crippen LogP contribution in [0.5, 0.6) is 0 Å². The minimum Gasteiger partial charge on any atom is -0.480 e. The molecule has 76 valence electrons. The molecule has 0 aliphatic carbocycles. The van der Waals surface area contributed by atoms with E-state index in [4.69, 9.17) is 10.9 Å². The lowest BCUT2D eigenvalue weighted by Crippen LogP contribution is -2.45. The van der Waals surface area contributed by atoms with E-state index in [-0.39, 0.29) is 6.54 Å². The third-order valence-electron chi connectivity index (χ3n) is 1.72. The first kappa shape index (κ1) is 10.6. The summed E-state index contributed by atoms with van der Waals surface area (Å²) in [5.74, 6) is 4.26. The Morgan fingerprint density at radius 3 is 2.57 bits per heavy atom. The van der Waals surface area contributed by atoms with Gasteiger partial charge in [0.1, 0.15) is 6.54 Å². The van der Waals surface area contributed by atoms with Crippen molar-refractivity contribution in [1.82, 2.24) is 10.5 Å². The van der Waals surface area contributed by atoms with Crippen molar-refractivity contribution in [3.8, 4) is 0 Å². The second-order valence-corrected chi connectivity index (χ2v) is 2.86. The molecule has 0 heterocycles. The molecule has 0 radical (unpaired) electrons. The van der Waals surface area contributed by atoms with E-state index in [0.29, 0.717) is 6.54 Å². The first-order valence-corrected chi connectivity index (χ1v) is 4.19. The highest BCUT2D eigenvalue weighted by molar-refractivity contribution is 5.68. The lowest BCUT2D eigenvalue weighted by atomic mass is 10.2. The van der Waals surface area contributed by atoms with E-state index in [0.717, 1.165) is 5.56 Å². The summed E-state index contributed by atoms with van der Waals surface area (Å²) >= 11 is 0. The van der Waals surface area contributed by atoms with Crippen molar-refractivity contribution < 1.29 is 9.90 Å². The van der Waals surface area contributed by atoms with Gasteiger partial charge in [0, 0.05) is 6.54 Å². The van der Waals surface area contributed by atoms with Gasteiger partial charge < -0.3 is 5.11 Å². The number of carboxylic acids is 1. The monoisotopic (exact) mass is 195 g/mol. The van der Waals surface area contributed by atoms with Gasteiger partial charge in [-0.1, -0.05) is 30.3 Å². The topological polar surface area (TPSA) is 78.6 Å². The maximum absolute atomic E-state index is 10.4. The van der Waals surface area contributed by atoms with E-state index in [1.807, 2.05) is 30.3 Å². The fourth-order valence-corrected chi connectivity index (χ4v) is 1.11. The van der Waals surface area contributed by atoms with Gasteiger partial charge in [0.05, 0.1) is 0 Å². The van der Waals surface area contributed by atoms with E-state index >= 15 is 0 Å². The smallest absolute Gasteiger partial charge is 0.319 e. The second-order valence-electron chi connectivity index (χ2n) is 2.86.